The molecule has 0 bridgehead atoms. The van der Waals surface area contributed by atoms with E-state index >= 15 is 0 Å². The Bertz CT molecular complexity index is 1210. The molecule has 2 heterocycles. The number of carboxylic acid groups (broad SMARTS) is 1. The topological polar surface area (TPSA) is 79.3 Å². The molecule has 2 N–H and O–H groups in total. The molecule has 0 amide bonds. The maximum atomic E-state index is 13.0. The van der Waals surface area contributed by atoms with Gasteiger partial charge in [0.2, 0.25) is 0 Å². The first-order chi connectivity index (χ1) is 15.0. The monoisotopic (exact) mass is 410 g/mol. The van der Waals surface area contributed by atoms with Crippen molar-refractivity contribution in [3.63, 3.8) is 0 Å². The van der Waals surface area contributed by atoms with Crippen molar-refractivity contribution in [2.45, 2.75) is 19.8 Å². The summed E-state index contributed by atoms with van der Waals surface area (Å²) in [5.41, 5.74) is 4.99. The number of pyridine rings is 1. The molecule has 5 heteroatoms. The van der Waals surface area contributed by atoms with Gasteiger partial charge in [0.25, 0.3) is 0 Å². The molecule has 31 heavy (non-hydrogen) atoms. The average molecular weight is 410 g/mol. The lowest BCUT2D eigenvalue weighted by Gasteiger charge is -2.30. The number of hydrogen-bond acceptors (Lipinski definition) is 4. The highest BCUT2D eigenvalue weighted by Crippen LogP contribution is 2.42. The highest BCUT2D eigenvalue weighted by molar-refractivity contribution is 6.09. The Morgan fingerprint density at radius 2 is 1.58 bits per heavy atom. The van der Waals surface area contributed by atoms with Gasteiger partial charge in [0.1, 0.15) is 0 Å². The quantitative estimate of drug-likeness (QED) is 0.591. The summed E-state index contributed by atoms with van der Waals surface area (Å²) in [6.45, 7) is 3.67. The van der Waals surface area contributed by atoms with Crippen LogP contribution in [0.3, 0.4) is 0 Å². The van der Waals surface area contributed by atoms with Crippen LogP contribution in [0.5, 0.6) is 0 Å². The molecular weight excluding hydrogens is 388 g/mol. The van der Waals surface area contributed by atoms with Crippen LogP contribution in [0.25, 0.3) is 5.57 Å². The number of benzene rings is 2. The van der Waals surface area contributed by atoms with Crippen molar-refractivity contribution in [3.8, 4) is 0 Å². The Balaban J connectivity index is 1.87. The van der Waals surface area contributed by atoms with E-state index < -0.39 is 11.9 Å². The molecule has 4 rings (SSSR count). The third kappa shape index (κ3) is 3.90. The van der Waals surface area contributed by atoms with Crippen LogP contribution < -0.4 is 5.32 Å². The van der Waals surface area contributed by atoms with Crippen molar-refractivity contribution in [1.82, 2.24) is 10.3 Å². The maximum absolute atomic E-state index is 13.0. The van der Waals surface area contributed by atoms with Crippen LogP contribution in [-0.2, 0) is 4.79 Å². The predicted molar refractivity (Wildman–Crippen MR) is 119 cm³/mol. The van der Waals surface area contributed by atoms with Crippen LogP contribution in [0.1, 0.15) is 46.9 Å². The van der Waals surface area contributed by atoms with E-state index in [0.717, 1.165) is 16.8 Å². The normalized spacial score (nSPS) is 16.1. The van der Waals surface area contributed by atoms with Crippen molar-refractivity contribution in [1.29, 1.82) is 0 Å². The first-order valence-electron chi connectivity index (χ1n) is 10.0. The Morgan fingerprint density at radius 1 is 0.871 bits per heavy atom. The van der Waals surface area contributed by atoms with Gasteiger partial charge < -0.3 is 10.4 Å². The van der Waals surface area contributed by atoms with Gasteiger partial charge in [-0.05, 0) is 37.6 Å². The minimum atomic E-state index is -1.00. The molecule has 1 aromatic heterocycles. The van der Waals surface area contributed by atoms with Crippen molar-refractivity contribution in [2.75, 3.05) is 0 Å². The van der Waals surface area contributed by atoms with Gasteiger partial charge >= 0.3 is 5.97 Å². The summed E-state index contributed by atoms with van der Waals surface area (Å²) in [5.74, 6) is -1.66. The molecule has 1 unspecified atom stereocenters. The van der Waals surface area contributed by atoms with Gasteiger partial charge in [0, 0.05) is 40.2 Å². The van der Waals surface area contributed by atoms with Gasteiger partial charge in [-0.3, -0.25) is 9.78 Å². The number of nitrogens with zero attached hydrogens (tertiary/aromatic N) is 1. The lowest BCUT2D eigenvalue weighted by Crippen LogP contribution is -2.27. The van der Waals surface area contributed by atoms with Gasteiger partial charge in [0.05, 0.1) is 11.3 Å². The van der Waals surface area contributed by atoms with Gasteiger partial charge in [-0.1, -0.05) is 54.6 Å². The minimum absolute atomic E-state index is 0.103. The van der Waals surface area contributed by atoms with Crippen LogP contribution in [0, 0.1) is 0 Å². The summed E-state index contributed by atoms with van der Waals surface area (Å²) in [6.07, 6.45) is 1.69. The largest absolute Gasteiger partial charge is 0.478 e. The number of ketones is 1. The highest BCUT2D eigenvalue weighted by Gasteiger charge is 2.34. The highest BCUT2D eigenvalue weighted by atomic mass is 16.4. The molecule has 0 aliphatic carbocycles. The zero-order valence-electron chi connectivity index (χ0n) is 17.3. The van der Waals surface area contributed by atoms with Crippen molar-refractivity contribution in [3.05, 3.63) is 118 Å². The number of rotatable bonds is 5. The summed E-state index contributed by atoms with van der Waals surface area (Å²) in [6, 6.07) is 21.8. The number of nitrogens with one attached hydrogen (secondary N) is 1. The zero-order chi connectivity index (χ0) is 22.0. The van der Waals surface area contributed by atoms with Crippen LogP contribution in [-0.4, -0.2) is 21.8 Å². The Kier molecular flexibility index (Phi) is 5.50. The molecule has 0 saturated heterocycles. The van der Waals surface area contributed by atoms with Crippen LogP contribution in [0.2, 0.25) is 0 Å². The van der Waals surface area contributed by atoms with E-state index in [9.17, 15) is 14.7 Å². The number of dihydropyridines is 1. The fourth-order valence-corrected chi connectivity index (χ4v) is 4.09. The van der Waals surface area contributed by atoms with Gasteiger partial charge in [-0.15, -0.1) is 0 Å². The molecule has 0 saturated carbocycles. The van der Waals surface area contributed by atoms with Crippen molar-refractivity contribution < 1.29 is 14.7 Å². The third-order valence-corrected chi connectivity index (χ3v) is 5.45. The molecule has 154 valence electrons. The predicted octanol–water partition coefficient (Wildman–Crippen LogP) is 4.79. The average Bonchev–Trinajstić information content (AvgIpc) is 2.79. The fraction of sp³-hybridized carbons (Fsp3) is 0.115. The number of carbonyl (C=O) groups excluding carboxylic acids is 1. The number of allylic oxidation sites excluding steroid dienone is 3. The molecular formula is C26H22N2O3. The summed E-state index contributed by atoms with van der Waals surface area (Å²) >= 11 is 0. The molecule has 0 fully saturated rings. The number of hydrogen-bond donors (Lipinski definition) is 2. The molecule has 1 aliphatic rings. The summed E-state index contributed by atoms with van der Waals surface area (Å²) in [7, 11) is 0. The molecule has 3 aromatic rings. The van der Waals surface area contributed by atoms with E-state index in [-0.39, 0.29) is 11.4 Å². The van der Waals surface area contributed by atoms with Crippen LogP contribution in [0.15, 0.2) is 96.0 Å². The Hall–Kier alpha value is -3.99. The molecule has 1 atom stereocenters. The molecule has 1 aliphatic heterocycles. The van der Waals surface area contributed by atoms with E-state index in [1.165, 1.54) is 0 Å². The number of carboxylic acids is 1. The molecule has 0 radical (unpaired) electrons. The van der Waals surface area contributed by atoms with Crippen LogP contribution in [0.4, 0.5) is 0 Å². The molecule has 2 aromatic carbocycles. The number of aliphatic carboxylic acids is 1. The maximum Gasteiger partial charge on any atom is 0.334 e. The van der Waals surface area contributed by atoms with E-state index in [2.05, 4.69) is 10.3 Å². The number of carbonyl (C=O) groups is 2. The van der Waals surface area contributed by atoms with Crippen LogP contribution >= 0.6 is 0 Å². The van der Waals surface area contributed by atoms with E-state index in [1.54, 1.807) is 43.5 Å². The second kappa shape index (κ2) is 8.40. The third-order valence-electron chi connectivity index (χ3n) is 5.45. The smallest absolute Gasteiger partial charge is 0.334 e. The first kappa shape index (κ1) is 20.3. The Morgan fingerprint density at radius 3 is 2.26 bits per heavy atom. The van der Waals surface area contributed by atoms with Crippen molar-refractivity contribution in [2.24, 2.45) is 0 Å². The summed E-state index contributed by atoms with van der Waals surface area (Å²) in [5, 5.41) is 13.2. The number of aromatic nitrogens is 1. The van der Waals surface area contributed by atoms with E-state index in [1.807, 2.05) is 49.4 Å². The second-order valence-electron chi connectivity index (χ2n) is 7.48. The minimum Gasteiger partial charge on any atom is -0.478 e. The lowest BCUT2D eigenvalue weighted by molar-refractivity contribution is -0.132. The van der Waals surface area contributed by atoms with Gasteiger partial charge in [-0.2, -0.15) is 0 Å². The summed E-state index contributed by atoms with van der Waals surface area (Å²) < 4.78 is 0. The molecule has 5 nitrogen and oxygen atoms in total. The van der Waals surface area contributed by atoms with Gasteiger partial charge in [-0.25, -0.2) is 4.79 Å². The fourth-order valence-electron chi connectivity index (χ4n) is 4.09. The van der Waals surface area contributed by atoms with E-state index in [4.69, 9.17) is 0 Å². The van der Waals surface area contributed by atoms with Gasteiger partial charge in [0.15, 0.2) is 5.78 Å². The zero-order valence-corrected chi connectivity index (χ0v) is 17.3. The summed E-state index contributed by atoms with van der Waals surface area (Å²) in [4.78, 5) is 29.7. The standard InChI is InChI=1S/C26H22N2O3/c1-16-22(21-13-6-7-14-27-21)24(23(26(30)31)17(2)28-16)19-11-8-12-20(15-19)25(29)18-9-4-3-5-10-18/h3-15,24,28H,1-2H3,(H,30,31). The lowest BCUT2D eigenvalue weighted by atomic mass is 9.78. The van der Waals surface area contributed by atoms with Crippen molar-refractivity contribution >= 4 is 17.3 Å². The molecule has 0 spiro atoms. The SMILES string of the molecule is CC1=C(C(=O)O)C(c2cccc(C(=O)c3ccccc3)c2)C(c2ccccn2)=C(C)N1. The first-order valence-corrected chi connectivity index (χ1v) is 10.0. The van der Waals surface area contributed by atoms with E-state index in [0.29, 0.717) is 22.5 Å². The Labute approximate surface area is 180 Å². The second-order valence-corrected chi connectivity index (χ2v) is 7.48.